The van der Waals surface area contributed by atoms with Gasteiger partial charge in [-0.3, -0.25) is 0 Å². The Labute approximate surface area is 123 Å². The molecule has 2 fully saturated rings. The van der Waals surface area contributed by atoms with Crippen molar-refractivity contribution >= 4 is 6.03 Å². The van der Waals surface area contributed by atoms with Gasteiger partial charge < -0.3 is 20.4 Å². The van der Waals surface area contributed by atoms with Crippen molar-refractivity contribution in [1.29, 1.82) is 0 Å². The molecule has 0 aromatic carbocycles. The van der Waals surface area contributed by atoms with Gasteiger partial charge in [0.05, 0.1) is 0 Å². The Balaban J connectivity index is 1.45. The van der Waals surface area contributed by atoms with E-state index >= 15 is 0 Å². The molecule has 0 aromatic heterocycles. The molecule has 2 heterocycles. The Morgan fingerprint density at radius 2 is 1.80 bits per heavy atom. The van der Waals surface area contributed by atoms with Gasteiger partial charge in [0.1, 0.15) is 0 Å². The number of carbonyl (C=O) groups is 1. The molecule has 0 unspecified atom stereocenters. The van der Waals surface area contributed by atoms with Crippen molar-refractivity contribution in [3.05, 3.63) is 0 Å². The maximum absolute atomic E-state index is 11.8. The monoisotopic (exact) mass is 282 g/mol. The lowest BCUT2D eigenvalue weighted by atomic mass is 10.1. The van der Waals surface area contributed by atoms with E-state index in [0.717, 1.165) is 38.9 Å². The first-order valence-corrected chi connectivity index (χ1v) is 8.19. The highest BCUT2D eigenvalue weighted by atomic mass is 16.2. The minimum atomic E-state index is 0.0146. The van der Waals surface area contributed by atoms with Crippen molar-refractivity contribution < 1.29 is 4.79 Å². The number of urea groups is 1. The molecule has 0 atom stereocenters. The molecule has 2 aliphatic heterocycles. The van der Waals surface area contributed by atoms with Crippen LogP contribution in [0.2, 0.25) is 0 Å². The lowest BCUT2D eigenvalue weighted by Crippen LogP contribution is -2.47. The molecule has 116 valence electrons. The van der Waals surface area contributed by atoms with Crippen LogP contribution in [0.3, 0.4) is 0 Å². The summed E-state index contributed by atoms with van der Waals surface area (Å²) in [5.74, 6) is 0. The van der Waals surface area contributed by atoms with Gasteiger partial charge in [-0.05, 0) is 78.3 Å². The smallest absolute Gasteiger partial charge is 0.315 e. The molecule has 20 heavy (non-hydrogen) atoms. The van der Waals surface area contributed by atoms with Gasteiger partial charge >= 0.3 is 6.03 Å². The van der Waals surface area contributed by atoms with E-state index in [0.29, 0.717) is 6.04 Å². The standard InChI is InChI=1S/C15H30N4O/c1-18-12-6-14(7-13-18)17-15(20)16-8-2-3-9-19-10-4-5-11-19/h14H,2-13H2,1H3,(H2,16,17,20). The van der Waals surface area contributed by atoms with Crippen LogP contribution in [0.15, 0.2) is 0 Å². The van der Waals surface area contributed by atoms with E-state index in [2.05, 4.69) is 27.5 Å². The molecule has 2 N–H and O–H groups in total. The van der Waals surface area contributed by atoms with Crippen molar-refractivity contribution in [2.24, 2.45) is 0 Å². The number of hydrogen-bond acceptors (Lipinski definition) is 3. The maximum Gasteiger partial charge on any atom is 0.315 e. The molecular weight excluding hydrogens is 252 g/mol. The summed E-state index contributed by atoms with van der Waals surface area (Å²) in [7, 11) is 2.14. The Morgan fingerprint density at radius 1 is 1.10 bits per heavy atom. The minimum Gasteiger partial charge on any atom is -0.338 e. The van der Waals surface area contributed by atoms with Gasteiger partial charge in [0.15, 0.2) is 0 Å². The predicted octanol–water partition coefficient (Wildman–Crippen LogP) is 1.26. The van der Waals surface area contributed by atoms with Gasteiger partial charge in [-0.1, -0.05) is 0 Å². The number of likely N-dealkylation sites (tertiary alicyclic amines) is 2. The third-order valence-electron chi connectivity index (χ3n) is 4.44. The lowest BCUT2D eigenvalue weighted by molar-refractivity contribution is 0.213. The van der Waals surface area contributed by atoms with Crippen LogP contribution in [0.25, 0.3) is 0 Å². The molecule has 0 spiro atoms. The van der Waals surface area contributed by atoms with Crippen LogP contribution in [-0.2, 0) is 0 Å². The van der Waals surface area contributed by atoms with Crippen LogP contribution < -0.4 is 10.6 Å². The van der Waals surface area contributed by atoms with Crippen LogP contribution in [0, 0.1) is 0 Å². The van der Waals surface area contributed by atoms with E-state index in [1.165, 1.54) is 38.9 Å². The Morgan fingerprint density at radius 3 is 2.50 bits per heavy atom. The number of piperidine rings is 1. The van der Waals surface area contributed by atoms with E-state index in [1.807, 2.05) is 0 Å². The Kier molecular flexibility index (Phi) is 6.60. The molecule has 0 saturated carbocycles. The highest BCUT2D eigenvalue weighted by molar-refractivity contribution is 5.74. The normalized spacial score (nSPS) is 22.1. The zero-order valence-corrected chi connectivity index (χ0v) is 12.9. The second-order valence-corrected chi connectivity index (χ2v) is 6.23. The van der Waals surface area contributed by atoms with Crippen LogP contribution in [-0.4, -0.2) is 68.2 Å². The fraction of sp³-hybridized carbons (Fsp3) is 0.933. The van der Waals surface area contributed by atoms with Crippen LogP contribution in [0.5, 0.6) is 0 Å². The van der Waals surface area contributed by atoms with Gasteiger partial charge in [-0.25, -0.2) is 4.79 Å². The molecule has 5 heteroatoms. The summed E-state index contributed by atoms with van der Waals surface area (Å²) in [4.78, 5) is 16.6. The first kappa shape index (κ1) is 15.6. The third-order valence-corrected chi connectivity index (χ3v) is 4.44. The van der Waals surface area contributed by atoms with Gasteiger partial charge in [0.2, 0.25) is 0 Å². The third kappa shape index (κ3) is 5.67. The number of rotatable bonds is 6. The molecule has 2 rings (SSSR count). The van der Waals surface area contributed by atoms with Crippen molar-refractivity contribution in [2.45, 2.75) is 44.6 Å². The van der Waals surface area contributed by atoms with Gasteiger partial charge in [0, 0.05) is 12.6 Å². The maximum atomic E-state index is 11.8. The van der Waals surface area contributed by atoms with Gasteiger partial charge in [-0.2, -0.15) is 0 Å². The van der Waals surface area contributed by atoms with E-state index in [1.54, 1.807) is 0 Å². The minimum absolute atomic E-state index is 0.0146. The predicted molar refractivity (Wildman–Crippen MR) is 82.0 cm³/mol. The van der Waals surface area contributed by atoms with Gasteiger partial charge in [-0.15, -0.1) is 0 Å². The topological polar surface area (TPSA) is 47.6 Å². The van der Waals surface area contributed by atoms with Crippen LogP contribution in [0.1, 0.15) is 38.5 Å². The summed E-state index contributed by atoms with van der Waals surface area (Å²) < 4.78 is 0. The van der Waals surface area contributed by atoms with Crippen LogP contribution in [0.4, 0.5) is 4.79 Å². The second-order valence-electron chi connectivity index (χ2n) is 6.23. The summed E-state index contributed by atoms with van der Waals surface area (Å²) in [5, 5.41) is 6.07. The molecule has 2 amide bonds. The number of hydrogen-bond donors (Lipinski definition) is 2. The lowest BCUT2D eigenvalue weighted by Gasteiger charge is -2.29. The van der Waals surface area contributed by atoms with Gasteiger partial charge in [0.25, 0.3) is 0 Å². The SMILES string of the molecule is CN1CCC(NC(=O)NCCCCN2CCCC2)CC1. The summed E-state index contributed by atoms with van der Waals surface area (Å²) in [6.45, 7) is 6.69. The van der Waals surface area contributed by atoms with E-state index in [-0.39, 0.29) is 6.03 Å². The van der Waals surface area contributed by atoms with Crippen molar-refractivity contribution in [3.8, 4) is 0 Å². The molecule has 5 nitrogen and oxygen atoms in total. The number of amides is 2. The van der Waals surface area contributed by atoms with Crippen LogP contribution >= 0.6 is 0 Å². The highest BCUT2D eigenvalue weighted by Crippen LogP contribution is 2.08. The number of carbonyl (C=O) groups excluding carboxylic acids is 1. The molecule has 0 aliphatic carbocycles. The summed E-state index contributed by atoms with van der Waals surface area (Å²) in [6.07, 6.45) is 7.12. The number of unbranched alkanes of at least 4 members (excludes halogenated alkanes) is 1. The molecule has 0 aromatic rings. The van der Waals surface area contributed by atoms with Crippen molar-refractivity contribution in [2.75, 3.05) is 46.3 Å². The second kappa shape index (κ2) is 8.47. The average Bonchev–Trinajstić information content (AvgIpc) is 2.94. The van der Waals surface area contributed by atoms with E-state index < -0.39 is 0 Å². The van der Waals surface area contributed by atoms with E-state index in [4.69, 9.17) is 0 Å². The Bertz CT molecular complexity index is 284. The zero-order valence-electron chi connectivity index (χ0n) is 12.9. The summed E-state index contributed by atoms with van der Waals surface area (Å²) in [6, 6.07) is 0.372. The van der Waals surface area contributed by atoms with Crippen molar-refractivity contribution in [3.63, 3.8) is 0 Å². The zero-order chi connectivity index (χ0) is 14.2. The number of nitrogens with one attached hydrogen (secondary N) is 2. The quantitative estimate of drug-likeness (QED) is 0.721. The number of nitrogens with zero attached hydrogens (tertiary/aromatic N) is 2. The first-order valence-electron chi connectivity index (χ1n) is 8.19. The Hall–Kier alpha value is -0.810. The largest absolute Gasteiger partial charge is 0.338 e. The van der Waals surface area contributed by atoms with Crippen molar-refractivity contribution in [1.82, 2.24) is 20.4 Å². The molecule has 0 radical (unpaired) electrons. The fourth-order valence-corrected chi connectivity index (χ4v) is 3.06. The van der Waals surface area contributed by atoms with E-state index in [9.17, 15) is 4.79 Å². The first-order chi connectivity index (χ1) is 9.74. The summed E-state index contributed by atoms with van der Waals surface area (Å²) >= 11 is 0. The molecule has 2 aliphatic rings. The average molecular weight is 282 g/mol. The molecular formula is C15H30N4O. The fourth-order valence-electron chi connectivity index (χ4n) is 3.06. The molecule has 2 saturated heterocycles. The summed E-state index contributed by atoms with van der Waals surface area (Å²) in [5.41, 5.74) is 0. The highest BCUT2D eigenvalue weighted by Gasteiger charge is 2.18. The molecule has 0 bridgehead atoms.